The van der Waals surface area contributed by atoms with Gasteiger partial charge in [-0.3, -0.25) is 4.79 Å². The number of ether oxygens (including phenoxy) is 1. The second kappa shape index (κ2) is 6.36. The second-order valence-corrected chi connectivity index (χ2v) is 5.19. The van der Waals surface area contributed by atoms with Crippen molar-refractivity contribution in [2.45, 2.75) is 51.2 Å². The third-order valence-corrected chi connectivity index (χ3v) is 3.67. The SMILES string of the molecule is CC1CCC(CNCCC(=O)N2CCCC2)O1. The summed E-state index contributed by atoms with van der Waals surface area (Å²) in [7, 11) is 0. The molecule has 1 N–H and O–H groups in total. The molecule has 17 heavy (non-hydrogen) atoms. The highest BCUT2D eigenvalue weighted by Crippen LogP contribution is 2.18. The highest BCUT2D eigenvalue weighted by Gasteiger charge is 2.21. The number of nitrogens with one attached hydrogen (secondary N) is 1. The fraction of sp³-hybridized carbons (Fsp3) is 0.923. The van der Waals surface area contributed by atoms with Crippen molar-refractivity contribution in [1.82, 2.24) is 10.2 Å². The highest BCUT2D eigenvalue weighted by molar-refractivity contribution is 5.76. The maximum absolute atomic E-state index is 11.7. The number of amides is 1. The van der Waals surface area contributed by atoms with Crippen molar-refractivity contribution in [2.24, 2.45) is 0 Å². The molecule has 0 aliphatic carbocycles. The average molecular weight is 240 g/mol. The number of nitrogens with zero attached hydrogens (tertiary/aromatic N) is 1. The second-order valence-electron chi connectivity index (χ2n) is 5.19. The van der Waals surface area contributed by atoms with Gasteiger partial charge in [0.2, 0.25) is 5.91 Å². The molecule has 2 fully saturated rings. The number of rotatable bonds is 5. The summed E-state index contributed by atoms with van der Waals surface area (Å²) in [4.78, 5) is 13.7. The molecule has 0 spiro atoms. The van der Waals surface area contributed by atoms with Crippen LogP contribution < -0.4 is 5.32 Å². The lowest BCUT2D eigenvalue weighted by Crippen LogP contribution is -2.33. The van der Waals surface area contributed by atoms with Crippen LogP contribution in [0.15, 0.2) is 0 Å². The first-order valence-corrected chi connectivity index (χ1v) is 6.89. The van der Waals surface area contributed by atoms with Crippen molar-refractivity contribution in [3.8, 4) is 0 Å². The maximum Gasteiger partial charge on any atom is 0.223 e. The Morgan fingerprint density at radius 3 is 2.76 bits per heavy atom. The number of likely N-dealkylation sites (tertiary alicyclic amines) is 1. The van der Waals surface area contributed by atoms with Crippen molar-refractivity contribution >= 4 is 5.91 Å². The van der Waals surface area contributed by atoms with E-state index >= 15 is 0 Å². The Kier molecular flexibility index (Phi) is 4.80. The molecule has 0 radical (unpaired) electrons. The first-order chi connectivity index (χ1) is 8.25. The molecule has 2 unspecified atom stereocenters. The summed E-state index contributed by atoms with van der Waals surface area (Å²) >= 11 is 0. The summed E-state index contributed by atoms with van der Waals surface area (Å²) < 4.78 is 5.71. The Morgan fingerprint density at radius 1 is 1.35 bits per heavy atom. The quantitative estimate of drug-likeness (QED) is 0.733. The molecular weight excluding hydrogens is 216 g/mol. The largest absolute Gasteiger partial charge is 0.374 e. The average Bonchev–Trinajstić information content (AvgIpc) is 2.95. The van der Waals surface area contributed by atoms with Crippen LogP contribution in [-0.2, 0) is 9.53 Å². The molecule has 2 aliphatic rings. The first kappa shape index (κ1) is 12.8. The van der Waals surface area contributed by atoms with E-state index in [1.54, 1.807) is 0 Å². The molecule has 4 nitrogen and oxygen atoms in total. The number of hydrogen-bond donors (Lipinski definition) is 1. The van der Waals surface area contributed by atoms with Gasteiger partial charge in [0, 0.05) is 32.6 Å². The van der Waals surface area contributed by atoms with Gasteiger partial charge in [-0.2, -0.15) is 0 Å². The minimum Gasteiger partial charge on any atom is -0.374 e. The third kappa shape index (κ3) is 3.96. The molecule has 0 aromatic heterocycles. The van der Waals surface area contributed by atoms with Gasteiger partial charge in [-0.15, -0.1) is 0 Å². The van der Waals surface area contributed by atoms with Crippen LogP contribution in [0.1, 0.15) is 39.0 Å². The molecule has 0 bridgehead atoms. The van der Waals surface area contributed by atoms with Crippen LogP contribution in [0.3, 0.4) is 0 Å². The fourth-order valence-electron chi connectivity index (χ4n) is 2.62. The van der Waals surface area contributed by atoms with E-state index in [2.05, 4.69) is 12.2 Å². The van der Waals surface area contributed by atoms with Crippen molar-refractivity contribution in [2.75, 3.05) is 26.2 Å². The van der Waals surface area contributed by atoms with Gasteiger partial charge in [0.25, 0.3) is 0 Å². The lowest BCUT2D eigenvalue weighted by atomic mass is 10.2. The normalized spacial score (nSPS) is 28.9. The zero-order chi connectivity index (χ0) is 12.1. The Hall–Kier alpha value is -0.610. The topological polar surface area (TPSA) is 41.6 Å². The molecule has 0 aromatic rings. The van der Waals surface area contributed by atoms with Gasteiger partial charge in [-0.05, 0) is 32.6 Å². The van der Waals surface area contributed by atoms with Crippen LogP contribution in [-0.4, -0.2) is 49.2 Å². The third-order valence-electron chi connectivity index (χ3n) is 3.67. The van der Waals surface area contributed by atoms with Crippen LogP contribution in [0.2, 0.25) is 0 Å². The molecule has 4 heteroatoms. The lowest BCUT2D eigenvalue weighted by Gasteiger charge is -2.16. The molecule has 2 atom stereocenters. The smallest absolute Gasteiger partial charge is 0.223 e. The molecule has 1 amide bonds. The van der Waals surface area contributed by atoms with Gasteiger partial charge in [0.05, 0.1) is 12.2 Å². The standard InChI is InChI=1S/C13H24N2O2/c1-11-4-5-12(17-11)10-14-7-6-13(16)15-8-2-3-9-15/h11-12,14H,2-10H2,1H3. The lowest BCUT2D eigenvalue weighted by molar-refractivity contribution is -0.130. The zero-order valence-corrected chi connectivity index (χ0v) is 10.8. The molecule has 2 saturated heterocycles. The van der Waals surface area contributed by atoms with E-state index in [0.717, 1.165) is 32.6 Å². The highest BCUT2D eigenvalue weighted by atomic mass is 16.5. The van der Waals surface area contributed by atoms with Crippen molar-refractivity contribution in [3.05, 3.63) is 0 Å². The van der Waals surface area contributed by atoms with Crippen molar-refractivity contribution in [1.29, 1.82) is 0 Å². The number of carbonyl (C=O) groups excluding carboxylic acids is 1. The van der Waals surface area contributed by atoms with Crippen molar-refractivity contribution < 1.29 is 9.53 Å². The van der Waals surface area contributed by atoms with E-state index in [9.17, 15) is 4.79 Å². The molecule has 0 aromatic carbocycles. The monoisotopic (exact) mass is 240 g/mol. The number of carbonyl (C=O) groups is 1. The Balaban J connectivity index is 1.52. The summed E-state index contributed by atoms with van der Waals surface area (Å²) in [5.74, 6) is 0.302. The van der Waals surface area contributed by atoms with Crippen LogP contribution in [0.5, 0.6) is 0 Å². The predicted molar refractivity (Wildman–Crippen MR) is 66.9 cm³/mol. The minimum atomic E-state index is 0.302. The van der Waals surface area contributed by atoms with Crippen LogP contribution >= 0.6 is 0 Å². The maximum atomic E-state index is 11.7. The van der Waals surface area contributed by atoms with Gasteiger partial charge in [-0.25, -0.2) is 0 Å². The van der Waals surface area contributed by atoms with Gasteiger partial charge in [-0.1, -0.05) is 0 Å². The van der Waals surface area contributed by atoms with Crippen LogP contribution in [0.25, 0.3) is 0 Å². The summed E-state index contributed by atoms with van der Waals surface area (Å²) in [6, 6.07) is 0. The van der Waals surface area contributed by atoms with Crippen LogP contribution in [0, 0.1) is 0 Å². The zero-order valence-electron chi connectivity index (χ0n) is 10.8. The Bertz CT molecular complexity index is 252. The van der Waals surface area contributed by atoms with E-state index in [-0.39, 0.29) is 0 Å². The van der Waals surface area contributed by atoms with Gasteiger partial charge in [0.15, 0.2) is 0 Å². The van der Waals surface area contributed by atoms with E-state index < -0.39 is 0 Å². The van der Waals surface area contributed by atoms with Crippen LogP contribution in [0.4, 0.5) is 0 Å². The van der Waals surface area contributed by atoms with E-state index in [0.29, 0.717) is 24.5 Å². The molecule has 98 valence electrons. The molecular formula is C13H24N2O2. The fourth-order valence-corrected chi connectivity index (χ4v) is 2.62. The summed E-state index contributed by atoms with van der Waals surface area (Å²) in [5.41, 5.74) is 0. The van der Waals surface area contributed by atoms with E-state index in [1.807, 2.05) is 4.90 Å². The summed E-state index contributed by atoms with van der Waals surface area (Å²) in [6.45, 7) is 5.71. The molecule has 0 saturated carbocycles. The van der Waals surface area contributed by atoms with Gasteiger partial charge < -0.3 is 15.0 Å². The Morgan fingerprint density at radius 2 is 2.12 bits per heavy atom. The summed E-state index contributed by atoms with van der Waals surface area (Å²) in [6.07, 6.45) is 6.05. The molecule has 2 heterocycles. The summed E-state index contributed by atoms with van der Waals surface area (Å²) in [5, 5.41) is 3.33. The van der Waals surface area contributed by atoms with Crippen molar-refractivity contribution in [3.63, 3.8) is 0 Å². The first-order valence-electron chi connectivity index (χ1n) is 6.89. The Labute approximate surface area is 104 Å². The van der Waals surface area contributed by atoms with Gasteiger partial charge >= 0.3 is 0 Å². The van der Waals surface area contributed by atoms with E-state index in [4.69, 9.17) is 4.74 Å². The van der Waals surface area contributed by atoms with Gasteiger partial charge in [0.1, 0.15) is 0 Å². The van der Waals surface area contributed by atoms with E-state index in [1.165, 1.54) is 19.3 Å². The predicted octanol–water partition coefficient (Wildman–Crippen LogP) is 1.16. The molecule has 2 rings (SSSR count). The minimum absolute atomic E-state index is 0.302. The number of hydrogen-bond acceptors (Lipinski definition) is 3. The molecule has 2 aliphatic heterocycles.